The molecule has 0 fully saturated rings. The highest BCUT2D eigenvalue weighted by molar-refractivity contribution is 5.72. The van der Waals surface area contributed by atoms with Crippen molar-refractivity contribution in [3.63, 3.8) is 0 Å². The Morgan fingerprint density at radius 2 is 1.14 bits per heavy atom. The largest absolute Gasteiger partial charge is 0.508 e. The van der Waals surface area contributed by atoms with Gasteiger partial charge in [-0.3, -0.25) is 9.59 Å². The predicted molar refractivity (Wildman–Crippen MR) is 115 cm³/mol. The van der Waals surface area contributed by atoms with E-state index in [1.807, 2.05) is 0 Å². The monoisotopic (exact) mass is 406 g/mol. The average molecular weight is 407 g/mol. The molecule has 0 heterocycles. The molecule has 1 aromatic carbocycles. The van der Waals surface area contributed by atoms with Gasteiger partial charge in [0.05, 0.1) is 0 Å². The molecule has 0 bridgehead atoms. The van der Waals surface area contributed by atoms with Gasteiger partial charge in [-0.1, -0.05) is 83.1 Å². The molecule has 0 aliphatic carbocycles. The molecule has 164 valence electrons. The zero-order chi connectivity index (χ0) is 21.2. The Hall–Kier alpha value is -2.04. The molecule has 0 spiro atoms. The van der Waals surface area contributed by atoms with Crippen LogP contribution < -0.4 is 4.74 Å². The minimum atomic E-state index is -0.683. The standard InChI is InChI=1S/C24H38O5/c25-21-16-15-17-22(20-21)29-24(28)19-14-12-10-8-6-4-2-1-3-5-7-9-11-13-18-23(26)27/h15-17,20,25H,1-14,18-19H2,(H,26,27). The first-order valence-corrected chi connectivity index (χ1v) is 11.3. The number of hydrogen-bond acceptors (Lipinski definition) is 4. The Kier molecular flexibility index (Phi) is 14.5. The fraction of sp³-hybridized carbons (Fsp3) is 0.667. The second-order valence-corrected chi connectivity index (χ2v) is 7.81. The number of esters is 1. The molecule has 0 saturated carbocycles. The number of rotatable bonds is 18. The maximum absolute atomic E-state index is 11.8. The van der Waals surface area contributed by atoms with Crippen molar-refractivity contribution < 1.29 is 24.5 Å². The van der Waals surface area contributed by atoms with E-state index >= 15 is 0 Å². The number of carboxylic acid groups (broad SMARTS) is 1. The van der Waals surface area contributed by atoms with Crippen LogP contribution in [0.5, 0.6) is 11.5 Å². The van der Waals surface area contributed by atoms with Crippen molar-refractivity contribution in [3.05, 3.63) is 24.3 Å². The summed E-state index contributed by atoms with van der Waals surface area (Å²) < 4.78 is 5.20. The molecule has 0 aliphatic heterocycles. The number of phenols is 1. The van der Waals surface area contributed by atoms with E-state index < -0.39 is 5.97 Å². The van der Waals surface area contributed by atoms with Gasteiger partial charge in [-0.2, -0.15) is 0 Å². The lowest BCUT2D eigenvalue weighted by Gasteiger charge is -2.05. The van der Waals surface area contributed by atoms with E-state index in [1.54, 1.807) is 18.2 Å². The Morgan fingerprint density at radius 1 is 0.690 bits per heavy atom. The average Bonchev–Trinajstić information content (AvgIpc) is 2.67. The molecular formula is C24H38O5. The topological polar surface area (TPSA) is 83.8 Å². The number of carbonyl (C=O) groups is 2. The molecule has 0 aromatic heterocycles. The molecule has 1 aromatic rings. The second kappa shape index (κ2) is 16.9. The summed E-state index contributed by atoms with van der Waals surface area (Å²) in [5.74, 6) is -0.425. The minimum Gasteiger partial charge on any atom is -0.508 e. The molecule has 0 aliphatic rings. The fourth-order valence-electron chi connectivity index (χ4n) is 3.40. The van der Waals surface area contributed by atoms with Gasteiger partial charge in [0.2, 0.25) is 0 Å². The van der Waals surface area contributed by atoms with Crippen LogP contribution in [0.2, 0.25) is 0 Å². The number of carbonyl (C=O) groups excluding carboxylic acids is 1. The molecule has 0 radical (unpaired) electrons. The van der Waals surface area contributed by atoms with Crippen molar-refractivity contribution in [3.8, 4) is 11.5 Å². The summed E-state index contributed by atoms with van der Waals surface area (Å²) >= 11 is 0. The molecule has 0 atom stereocenters. The van der Waals surface area contributed by atoms with Gasteiger partial charge in [0, 0.05) is 18.9 Å². The van der Waals surface area contributed by atoms with Crippen molar-refractivity contribution in [2.24, 2.45) is 0 Å². The Labute approximate surface area is 175 Å². The number of phenolic OH excluding ortho intramolecular Hbond substituents is 1. The van der Waals surface area contributed by atoms with E-state index in [9.17, 15) is 14.7 Å². The van der Waals surface area contributed by atoms with Crippen LogP contribution >= 0.6 is 0 Å². The first-order valence-electron chi connectivity index (χ1n) is 11.3. The summed E-state index contributed by atoms with van der Waals surface area (Å²) in [6.07, 6.45) is 17.0. The number of aliphatic carboxylic acids is 1. The van der Waals surface area contributed by atoms with Gasteiger partial charge in [0.25, 0.3) is 0 Å². The third kappa shape index (κ3) is 15.5. The Balaban J connectivity index is 1.80. The number of unbranched alkanes of at least 4 members (excludes halogenated alkanes) is 13. The highest BCUT2D eigenvalue weighted by Crippen LogP contribution is 2.19. The third-order valence-corrected chi connectivity index (χ3v) is 5.07. The van der Waals surface area contributed by atoms with Gasteiger partial charge in [0.15, 0.2) is 0 Å². The summed E-state index contributed by atoms with van der Waals surface area (Å²) in [5.41, 5.74) is 0. The number of aromatic hydroxyl groups is 1. The van der Waals surface area contributed by atoms with Crippen LogP contribution in [0.4, 0.5) is 0 Å². The minimum absolute atomic E-state index is 0.100. The normalized spacial score (nSPS) is 10.8. The van der Waals surface area contributed by atoms with Gasteiger partial charge >= 0.3 is 11.9 Å². The quantitative estimate of drug-likeness (QED) is 0.162. The van der Waals surface area contributed by atoms with E-state index in [4.69, 9.17) is 9.84 Å². The van der Waals surface area contributed by atoms with Gasteiger partial charge < -0.3 is 14.9 Å². The first-order chi connectivity index (χ1) is 14.1. The molecule has 2 N–H and O–H groups in total. The molecule has 1 rings (SSSR count). The van der Waals surface area contributed by atoms with Crippen LogP contribution in [0.1, 0.15) is 103 Å². The Bertz CT molecular complexity index is 570. The molecule has 0 saturated heterocycles. The van der Waals surface area contributed by atoms with Crippen LogP contribution in [0, 0.1) is 0 Å². The molecule has 0 amide bonds. The van der Waals surface area contributed by atoms with Crippen molar-refractivity contribution in [1.82, 2.24) is 0 Å². The van der Waals surface area contributed by atoms with Crippen LogP contribution in [-0.2, 0) is 9.59 Å². The van der Waals surface area contributed by atoms with Gasteiger partial charge in [-0.05, 0) is 25.0 Å². The lowest BCUT2D eigenvalue weighted by molar-refractivity contribution is -0.137. The van der Waals surface area contributed by atoms with E-state index in [0.29, 0.717) is 18.6 Å². The molecular weight excluding hydrogens is 368 g/mol. The lowest BCUT2D eigenvalue weighted by atomic mass is 10.0. The van der Waals surface area contributed by atoms with E-state index in [-0.39, 0.29) is 11.7 Å². The van der Waals surface area contributed by atoms with E-state index in [0.717, 1.165) is 38.5 Å². The summed E-state index contributed by atoms with van der Waals surface area (Å²) in [5, 5.41) is 17.9. The maximum Gasteiger partial charge on any atom is 0.311 e. The van der Waals surface area contributed by atoms with Gasteiger partial charge in [-0.15, -0.1) is 0 Å². The molecule has 5 heteroatoms. The number of benzene rings is 1. The highest BCUT2D eigenvalue weighted by Gasteiger charge is 2.05. The van der Waals surface area contributed by atoms with Crippen molar-refractivity contribution in [1.29, 1.82) is 0 Å². The predicted octanol–water partition coefficient (Wildman–Crippen LogP) is 6.62. The van der Waals surface area contributed by atoms with E-state index in [2.05, 4.69) is 0 Å². The molecule has 29 heavy (non-hydrogen) atoms. The zero-order valence-electron chi connectivity index (χ0n) is 17.7. The second-order valence-electron chi connectivity index (χ2n) is 7.81. The van der Waals surface area contributed by atoms with Gasteiger partial charge in [-0.25, -0.2) is 0 Å². The van der Waals surface area contributed by atoms with E-state index in [1.165, 1.54) is 57.4 Å². The smallest absolute Gasteiger partial charge is 0.311 e. The van der Waals surface area contributed by atoms with Crippen LogP contribution in [-0.4, -0.2) is 22.2 Å². The lowest BCUT2D eigenvalue weighted by Crippen LogP contribution is -2.07. The number of ether oxygens (including phenoxy) is 1. The highest BCUT2D eigenvalue weighted by atomic mass is 16.5. The SMILES string of the molecule is O=C(O)CCCCCCCCCCCCCCCCC(=O)Oc1cccc(O)c1. The molecule has 5 nitrogen and oxygen atoms in total. The summed E-state index contributed by atoms with van der Waals surface area (Å²) in [7, 11) is 0. The number of hydrogen-bond donors (Lipinski definition) is 2. The summed E-state index contributed by atoms with van der Waals surface area (Å²) in [6, 6.07) is 6.31. The Morgan fingerprint density at radius 3 is 1.59 bits per heavy atom. The number of carboxylic acids is 1. The fourth-order valence-corrected chi connectivity index (χ4v) is 3.40. The van der Waals surface area contributed by atoms with Gasteiger partial charge in [0.1, 0.15) is 11.5 Å². The van der Waals surface area contributed by atoms with Crippen molar-refractivity contribution >= 4 is 11.9 Å². The van der Waals surface area contributed by atoms with Crippen molar-refractivity contribution in [2.75, 3.05) is 0 Å². The van der Waals surface area contributed by atoms with Crippen LogP contribution in [0.25, 0.3) is 0 Å². The summed E-state index contributed by atoms with van der Waals surface area (Å²) in [6.45, 7) is 0. The zero-order valence-corrected chi connectivity index (χ0v) is 17.7. The maximum atomic E-state index is 11.8. The molecule has 0 unspecified atom stereocenters. The van der Waals surface area contributed by atoms with Crippen LogP contribution in [0.15, 0.2) is 24.3 Å². The third-order valence-electron chi connectivity index (χ3n) is 5.07. The van der Waals surface area contributed by atoms with Crippen molar-refractivity contribution in [2.45, 2.75) is 103 Å². The van der Waals surface area contributed by atoms with Crippen LogP contribution in [0.3, 0.4) is 0 Å². The first kappa shape index (κ1) is 25.0. The summed E-state index contributed by atoms with van der Waals surface area (Å²) in [4.78, 5) is 22.2.